The van der Waals surface area contributed by atoms with Crippen molar-refractivity contribution in [3.05, 3.63) is 90.1 Å². The van der Waals surface area contributed by atoms with E-state index in [0.717, 1.165) is 48.4 Å². The Balaban J connectivity index is 1.52. The molecule has 1 unspecified atom stereocenters. The molecule has 136 valence electrons. The highest BCUT2D eigenvalue weighted by atomic mass is 16.2. The Hall–Kier alpha value is -3.14. The lowest BCUT2D eigenvalue weighted by atomic mass is 9.95. The quantitative estimate of drug-likeness (QED) is 0.699. The molecule has 2 aromatic carbocycles. The highest BCUT2D eigenvalue weighted by Crippen LogP contribution is 2.32. The number of pyridine rings is 1. The summed E-state index contributed by atoms with van der Waals surface area (Å²) >= 11 is 0. The molecule has 3 aromatic rings. The van der Waals surface area contributed by atoms with Crippen molar-refractivity contribution in [2.75, 3.05) is 11.9 Å². The number of piperidine rings is 1. The van der Waals surface area contributed by atoms with Crippen LogP contribution in [0, 0.1) is 0 Å². The van der Waals surface area contributed by atoms with Gasteiger partial charge in [0.1, 0.15) is 5.82 Å². The lowest BCUT2D eigenvalue weighted by molar-refractivity contribution is 0.0611. The summed E-state index contributed by atoms with van der Waals surface area (Å²) in [5.74, 6) is 0.911. The molecule has 4 rings (SSSR count). The lowest BCUT2D eigenvalue weighted by Crippen LogP contribution is -2.38. The smallest absolute Gasteiger partial charge is 0.254 e. The Morgan fingerprint density at radius 1 is 0.926 bits per heavy atom. The SMILES string of the molecule is O=C(c1ccccc1)N1CCCCC1c1ccc(Nc2ccccc2)nc1. The van der Waals surface area contributed by atoms with E-state index in [4.69, 9.17) is 0 Å². The first-order chi connectivity index (χ1) is 13.3. The molecule has 0 radical (unpaired) electrons. The van der Waals surface area contributed by atoms with Crippen LogP contribution in [0.3, 0.4) is 0 Å². The van der Waals surface area contributed by atoms with Gasteiger partial charge in [0.05, 0.1) is 6.04 Å². The Kier molecular flexibility index (Phi) is 5.15. The van der Waals surface area contributed by atoms with Crippen molar-refractivity contribution in [1.29, 1.82) is 0 Å². The van der Waals surface area contributed by atoms with Crippen molar-refractivity contribution in [3.8, 4) is 0 Å². The number of likely N-dealkylation sites (tertiary alicyclic amines) is 1. The van der Waals surface area contributed by atoms with Gasteiger partial charge in [-0.2, -0.15) is 0 Å². The average Bonchev–Trinajstić information content (AvgIpc) is 2.75. The second-order valence-corrected chi connectivity index (χ2v) is 6.84. The molecule has 0 bridgehead atoms. The van der Waals surface area contributed by atoms with Crippen LogP contribution in [0.1, 0.15) is 41.2 Å². The number of amides is 1. The minimum Gasteiger partial charge on any atom is -0.340 e. The number of hydrogen-bond donors (Lipinski definition) is 1. The standard InChI is InChI=1S/C23H23N3O/c27-23(18-9-3-1-4-10-18)26-16-8-7-13-21(26)19-14-15-22(24-17-19)25-20-11-5-2-6-12-20/h1-6,9-12,14-15,17,21H,7-8,13,16H2,(H,24,25). The van der Waals surface area contributed by atoms with Crippen LogP contribution in [-0.4, -0.2) is 22.3 Å². The molecule has 4 nitrogen and oxygen atoms in total. The molecular weight excluding hydrogens is 334 g/mol. The summed E-state index contributed by atoms with van der Waals surface area (Å²) in [7, 11) is 0. The second kappa shape index (κ2) is 8.04. The van der Waals surface area contributed by atoms with E-state index in [9.17, 15) is 4.79 Å². The van der Waals surface area contributed by atoms with Crippen LogP contribution in [0.25, 0.3) is 0 Å². The van der Waals surface area contributed by atoms with Gasteiger partial charge in [0.15, 0.2) is 0 Å². The number of carbonyl (C=O) groups is 1. The Morgan fingerprint density at radius 3 is 2.37 bits per heavy atom. The van der Waals surface area contributed by atoms with Crippen molar-refractivity contribution >= 4 is 17.4 Å². The predicted octanol–water partition coefficient (Wildman–Crippen LogP) is 5.19. The predicted molar refractivity (Wildman–Crippen MR) is 108 cm³/mol. The topological polar surface area (TPSA) is 45.2 Å². The second-order valence-electron chi connectivity index (χ2n) is 6.84. The molecule has 1 atom stereocenters. The third kappa shape index (κ3) is 4.00. The molecule has 27 heavy (non-hydrogen) atoms. The molecule has 2 heterocycles. The minimum absolute atomic E-state index is 0.0877. The summed E-state index contributed by atoms with van der Waals surface area (Å²) in [6.07, 6.45) is 5.06. The van der Waals surface area contributed by atoms with Crippen LogP contribution in [0.4, 0.5) is 11.5 Å². The number of benzene rings is 2. The first-order valence-electron chi connectivity index (χ1n) is 9.45. The third-order valence-electron chi connectivity index (χ3n) is 5.00. The first-order valence-corrected chi connectivity index (χ1v) is 9.45. The number of carbonyl (C=O) groups excluding carboxylic acids is 1. The van der Waals surface area contributed by atoms with E-state index in [2.05, 4.69) is 16.4 Å². The normalized spacial score (nSPS) is 16.7. The van der Waals surface area contributed by atoms with Crippen molar-refractivity contribution < 1.29 is 4.79 Å². The maximum atomic E-state index is 13.0. The number of rotatable bonds is 4. The summed E-state index contributed by atoms with van der Waals surface area (Å²) in [4.78, 5) is 19.6. The summed E-state index contributed by atoms with van der Waals surface area (Å²) in [5.41, 5.74) is 2.86. The van der Waals surface area contributed by atoms with Crippen molar-refractivity contribution in [3.63, 3.8) is 0 Å². The third-order valence-corrected chi connectivity index (χ3v) is 5.00. The number of nitrogens with one attached hydrogen (secondary N) is 1. The molecule has 1 N–H and O–H groups in total. The number of hydrogen-bond acceptors (Lipinski definition) is 3. The molecule has 1 aromatic heterocycles. The van der Waals surface area contributed by atoms with Gasteiger partial charge in [-0.3, -0.25) is 4.79 Å². The molecule has 1 amide bonds. The van der Waals surface area contributed by atoms with Crippen molar-refractivity contribution in [2.24, 2.45) is 0 Å². The minimum atomic E-state index is 0.0877. The summed E-state index contributed by atoms with van der Waals surface area (Å²) in [6, 6.07) is 23.7. The van der Waals surface area contributed by atoms with Gasteiger partial charge in [-0.1, -0.05) is 42.5 Å². The van der Waals surface area contributed by atoms with Crippen LogP contribution in [-0.2, 0) is 0 Å². The van der Waals surface area contributed by atoms with Gasteiger partial charge in [0.25, 0.3) is 5.91 Å². The molecule has 0 aliphatic carbocycles. The van der Waals surface area contributed by atoms with Gasteiger partial charge < -0.3 is 10.2 Å². The number of nitrogens with zero attached hydrogens (tertiary/aromatic N) is 2. The Morgan fingerprint density at radius 2 is 1.67 bits per heavy atom. The van der Waals surface area contributed by atoms with Crippen LogP contribution < -0.4 is 5.32 Å². The van der Waals surface area contributed by atoms with Crippen molar-refractivity contribution in [1.82, 2.24) is 9.88 Å². The molecular formula is C23H23N3O. The van der Waals surface area contributed by atoms with Gasteiger partial charge in [-0.25, -0.2) is 4.98 Å². The van der Waals surface area contributed by atoms with Gasteiger partial charge in [-0.15, -0.1) is 0 Å². The fourth-order valence-corrected chi connectivity index (χ4v) is 3.61. The molecule has 0 spiro atoms. The fraction of sp³-hybridized carbons (Fsp3) is 0.217. The monoisotopic (exact) mass is 357 g/mol. The molecule has 1 saturated heterocycles. The summed E-state index contributed by atoms with van der Waals surface area (Å²) < 4.78 is 0. The van der Waals surface area contributed by atoms with Gasteiger partial charge in [0.2, 0.25) is 0 Å². The van der Waals surface area contributed by atoms with E-state index < -0.39 is 0 Å². The van der Waals surface area contributed by atoms with E-state index in [1.807, 2.05) is 77.8 Å². The van der Waals surface area contributed by atoms with Crippen LogP contribution >= 0.6 is 0 Å². The zero-order valence-corrected chi connectivity index (χ0v) is 15.2. The van der Waals surface area contributed by atoms with E-state index in [-0.39, 0.29) is 11.9 Å². The maximum absolute atomic E-state index is 13.0. The van der Waals surface area contributed by atoms with Gasteiger partial charge in [0, 0.05) is 24.0 Å². The number of aromatic nitrogens is 1. The Bertz CT molecular complexity index is 879. The van der Waals surface area contributed by atoms with E-state index >= 15 is 0 Å². The zero-order chi connectivity index (χ0) is 18.5. The van der Waals surface area contributed by atoms with E-state index in [1.54, 1.807) is 0 Å². The van der Waals surface area contributed by atoms with Crippen molar-refractivity contribution in [2.45, 2.75) is 25.3 Å². The summed E-state index contributed by atoms with van der Waals surface area (Å²) in [5, 5.41) is 3.30. The average molecular weight is 357 g/mol. The van der Waals surface area contributed by atoms with Crippen LogP contribution in [0.5, 0.6) is 0 Å². The van der Waals surface area contributed by atoms with Crippen LogP contribution in [0.2, 0.25) is 0 Å². The molecule has 4 heteroatoms. The first kappa shape index (κ1) is 17.3. The van der Waals surface area contributed by atoms with Gasteiger partial charge >= 0.3 is 0 Å². The largest absolute Gasteiger partial charge is 0.340 e. The number of anilines is 2. The molecule has 1 aliphatic heterocycles. The fourth-order valence-electron chi connectivity index (χ4n) is 3.61. The number of para-hydroxylation sites is 1. The van der Waals surface area contributed by atoms with Crippen LogP contribution in [0.15, 0.2) is 79.0 Å². The molecule has 1 fully saturated rings. The summed E-state index contributed by atoms with van der Waals surface area (Å²) in [6.45, 7) is 0.794. The zero-order valence-electron chi connectivity index (χ0n) is 15.2. The maximum Gasteiger partial charge on any atom is 0.254 e. The van der Waals surface area contributed by atoms with Gasteiger partial charge in [-0.05, 0) is 55.2 Å². The van der Waals surface area contributed by atoms with E-state index in [0.29, 0.717) is 0 Å². The molecule has 1 aliphatic rings. The highest BCUT2D eigenvalue weighted by Gasteiger charge is 2.28. The lowest BCUT2D eigenvalue weighted by Gasteiger charge is -2.36. The molecule has 0 saturated carbocycles. The highest BCUT2D eigenvalue weighted by molar-refractivity contribution is 5.94. The van der Waals surface area contributed by atoms with E-state index in [1.165, 1.54) is 0 Å². The Labute approximate surface area is 159 Å².